The Balaban J connectivity index is 2.10. The lowest BCUT2D eigenvalue weighted by atomic mass is 9.97. The van der Waals surface area contributed by atoms with Crippen molar-refractivity contribution >= 4 is 35.0 Å². The smallest absolute Gasteiger partial charge is 0.248 e. The first-order valence-corrected chi connectivity index (χ1v) is 13.6. The number of nitrogens with one attached hydrogen (secondary N) is 2. The number of hydrogen-bond donors (Lipinski definition) is 2. The molecule has 3 aromatic rings. The van der Waals surface area contributed by atoms with E-state index in [2.05, 4.69) is 15.8 Å². The maximum Gasteiger partial charge on any atom is 0.248 e. The molecule has 1 aromatic heterocycles. The number of carbonyl (C=O) groups excluding carboxylic acids is 4. The van der Waals surface area contributed by atoms with Gasteiger partial charge in [0.25, 0.3) is 0 Å². The Labute approximate surface area is 245 Å². The number of benzene rings is 2. The summed E-state index contributed by atoms with van der Waals surface area (Å²) in [5, 5.41) is 9.40. The summed E-state index contributed by atoms with van der Waals surface area (Å²) < 4.78 is 16.1. The fourth-order valence-corrected chi connectivity index (χ4v) is 4.28. The number of hydrogen-bond acceptors (Lipinski definition) is 8. The molecule has 1 unspecified atom stereocenters. The van der Waals surface area contributed by atoms with E-state index < -0.39 is 29.3 Å². The number of rotatable bonds is 13. The van der Waals surface area contributed by atoms with Crippen molar-refractivity contribution < 1.29 is 33.2 Å². The van der Waals surface area contributed by atoms with Crippen molar-refractivity contribution in [2.45, 2.75) is 65.5 Å². The van der Waals surface area contributed by atoms with Crippen LogP contribution in [0.3, 0.4) is 0 Å². The van der Waals surface area contributed by atoms with E-state index >= 15 is 0 Å². The van der Waals surface area contributed by atoms with E-state index in [4.69, 9.17) is 14.0 Å². The van der Waals surface area contributed by atoms with Gasteiger partial charge in [-0.1, -0.05) is 24.2 Å². The van der Waals surface area contributed by atoms with Gasteiger partial charge in [0.2, 0.25) is 17.7 Å². The topological polar surface area (TPSA) is 140 Å². The molecule has 224 valence electrons. The number of aryl methyl sites for hydroxylation is 1. The molecule has 0 bridgehead atoms. The van der Waals surface area contributed by atoms with Gasteiger partial charge in [0, 0.05) is 41.3 Å². The molecule has 1 atom stereocenters. The third-order valence-corrected chi connectivity index (χ3v) is 6.86. The first kappa shape index (κ1) is 31.9. The first-order valence-electron chi connectivity index (χ1n) is 13.6. The lowest BCUT2D eigenvalue weighted by molar-refractivity contribution is -0.128. The molecule has 3 amide bonds. The van der Waals surface area contributed by atoms with Crippen LogP contribution >= 0.6 is 0 Å². The van der Waals surface area contributed by atoms with Crippen LogP contribution in [-0.4, -0.2) is 48.4 Å². The standard InChI is InChI=1S/C31H38N4O7/c1-8-31(4,5)33-30(39)28(23-10-9-11-24(40-6)29(23)41-7)35(22-14-12-21(13-15-22)20(3)36)27(38)17-16-26(37)32-25-18-19(2)42-34-25/h9-15,18,28H,8,16-17H2,1-7H3,(H,33,39)(H,32,34,37). The predicted molar refractivity (Wildman–Crippen MR) is 158 cm³/mol. The molecule has 2 N–H and O–H groups in total. The monoisotopic (exact) mass is 578 g/mol. The normalized spacial score (nSPS) is 11.8. The van der Waals surface area contributed by atoms with E-state index in [1.54, 1.807) is 55.5 Å². The van der Waals surface area contributed by atoms with Gasteiger partial charge in [0.15, 0.2) is 23.1 Å². The second-order valence-electron chi connectivity index (χ2n) is 10.4. The molecule has 0 aliphatic heterocycles. The number of amides is 3. The number of ketones is 1. The summed E-state index contributed by atoms with van der Waals surface area (Å²) in [6, 6.07) is 11.8. The molecule has 0 spiro atoms. The van der Waals surface area contributed by atoms with Crippen molar-refractivity contribution in [3.05, 3.63) is 65.4 Å². The highest BCUT2D eigenvalue weighted by atomic mass is 16.5. The number of ether oxygens (including phenoxy) is 2. The summed E-state index contributed by atoms with van der Waals surface area (Å²) in [7, 11) is 2.94. The van der Waals surface area contributed by atoms with Crippen molar-refractivity contribution in [1.82, 2.24) is 10.5 Å². The largest absolute Gasteiger partial charge is 0.493 e. The molecule has 11 nitrogen and oxygen atoms in total. The molecule has 42 heavy (non-hydrogen) atoms. The van der Waals surface area contributed by atoms with Crippen LogP contribution in [0.4, 0.5) is 11.5 Å². The average molecular weight is 579 g/mol. The average Bonchev–Trinajstić information content (AvgIpc) is 3.37. The van der Waals surface area contributed by atoms with Crippen LogP contribution in [0.15, 0.2) is 53.1 Å². The fraction of sp³-hybridized carbons (Fsp3) is 0.387. The van der Waals surface area contributed by atoms with Gasteiger partial charge in [0.05, 0.1) is 14.2 Å². The highest BCUT2D eigenvalue weighted by molar-refractivity contribution is 6.04. The summed E-state index contributed by atoms with van der Waals surface area (Å²) in [6.45, 7) is 8.85. The number of Topliss-reactive ketones (excluding diaryl/α,β-unsaturated/α-hetero) is 1. The van der Waals surface area contributed by atoms with E-state index in [1.807, 2.05) is 20.8 Å². The number of anilines is 2. The van der Waals surface area contributed by atoms with Gasteiger partial charge in [-0.2, -0.15) is 0 Å². The maximum absolute atomic E-state index is 14.1. The predicted octanol–water partition coefficient (Wildman–Crippen LogP) is 5.00. The third kappa shape index (κ3) is 7.74. The third-order valence-electron chi connectivity index (χ3n) is 6.86. The molecule has 0 radical (unpaired) electrons. The summed E-state index contributed by atoms with van der Waals surface area (Å²) in [5.41, 5.74) is 0.592. The molecular weight excluding hydrogens is 540 g/mol. The SMILES string of the molecule is CCC(C)(C)NC(=O)C(c1cccc(OC)c1OC)N(C(=O)CCC(=O)Nc1cc(C)on1)c1ccc(C(C)=O)cc1. The number of para-hydroxylation sites is 1. The lowest BCUT2D eigenvalue weighted by Crippen LogP contribution is -2.50. The van der Waals surface area contributed by atoms with Crippen LogP contribution in [0.1, 0.15) is 74.7 Å². The van der Waals surface area contributed by atoms with Crippen molar-refractivity contribution in [2.24, 2.45) is 0 Å². The van der Waals surface area contributed by atoms with Gasteiger partial charge >= 0.3 is 0 Å². The molecule has 11 heteroatoms. The van der Waals surface area contributed by atoms with Gasteiger partial charge in [-0.15, -0.1) is 0 Å². The van der Waals surface area contributed by atoms with Crippen LogP contribution in [-0.2, 0) is 14.4 Å². The zero-order chi connectivity index (χ0) is 31.0. The second kappa shape index (κ2) is 13.8. The van der Waals surface area contributed by atoms with Crippen molar-refractivity contribution in [2.75, 3.05) is 24.4 Å². The molecule has 0 aliphatic carbocycles. The Morgan fingerprint density at radius 1 is 1.02 bits per heavy atom. The molecule has 0 fully saturated rings. The van der Waals surface area contributed by atoms with Gasteiger partial charge in [-0.3, -0.25) is 24.1 Å². The highest BCUT2D eigenvalue weighted by Crippen LogP contribution is 2.39. The Hall–Kier alpha value is -4.67. The quantitative estimate of drug-likeness (QED) is 0.270. The highest BCUT2D eigenvalue weighted by Gasteiger charge is 2.37. The van der Waals surface area contributed by atoms with Crippen LogP contribution in [0.25, 0.3) is 0 Å². The van der Waals surface area contributed by atoms with Crippen LogP contribution < -0.4 is 25.0 Å². The summed E-state index contributed by atoms with van der Waals surface area (Å²) in [4.78, 5) is 54.1. The van der Waals surface area contributed by atoms with E-state index in [-0.39, 0.29) is 30.2 Å². The number of aromatic nitrogens is 1. The zero-order valence-electron chi connectivity index (χ0n) is 25.1. The maximum atomic E-state index is 14.1. The van der Waals surface area contributed by atoms with Gasteiger partial charge in [-0.25, -0.2) is 0 Å². The summed E-state index contributed by atoms with van der Waals surface area (Å²) in [6.07, 6.45) is 0.213. The van der Waals surface area contributed by atoms with Gasteiger partial charge in [-0.05, 0) is 64.4 Å². The number of methoxy groups -OCH3 is 2. The fourth-order valence-electron chi connectivity index (χ4n) is 4.28. The molecule has 1 heterocycles. The van der Waals surface area contributed by atoms with Gasteiger partial charge in [0.1, 0.15) is 11.8 Å². The Bertz CT molecular complexity index is 1430. The Kier molecular flexibility index (Phi) is 10.5. The molecule has 3 rings (SSSR count). The minimum absolute atomic E-state index is 0.146. The minimum atomic E-state index is -1.21. The van der Waals surface area contributed by atoms with E-state index in [1.165, 1.54) is 26.0 Å². The minimum Gasteiger partial charge on any atom is -0.493 e. The van der Waals surface area contributed by atoms with Crippen LogP contribution in [0.5, 0.6) is 11.5 Å². The van der Waals surface area contributed by atoms with E-state index in [9.17, 15) is 19.2 Å². The first-order chi connectivity index (χ1) is 19.9. The van der Waals surface area contributed by atoms with E-state index in [0.29, 0.717) is 34.7 Å². The zero-order valence-corrected chi connectivity index (χ0v) is 25.1. The Morgan fingerprint density at radius 3 is 2.26 bits per heavy atom. The summed E-state index contributed by atoms with van der Waals surface area (Å²) >= 11 is 0. The molecule has 0 aliphatic rings. The van der Waals surface area contributed by atoms with Crippen molar-refractivity contribution in [3.63, 3.8) is 0 Å². The van der Waals surface area contributed by atoms with E-state index in [0.717, 1.165) is 0 Å². The van der Waals surface area contributed by atoms with Crippen LogP contribution in [0, 0.1) is 6.92 Å². The molecule has 0 saturated heterocycles. The molecular formula is C31H38N4O7. The van der Waals surface area contributed by atoms with Crippen molar-refractivity contribution in [1.29, 1.82) is 0 Å². The van der Waals surface area contributed by atoms with Crippen molar-refractivity contribution in [3.8, 4) is 11.5 Å². The molecule has 2 aromatic carbocycles. The Morgan fingerprint density at radius 2 is 1.71 bits per heavy atom. The lowest BCUT2D eigenvalue weighted by Gasteiger charge is -2.35. The van der Waals surface area contributed by atoms with Crippen LogP contribution in [0.2, 0.25) is 0 Å². The number of nitrogens with zero attached hydrogens (tertiary/aromatic N) is 2. The molecule has 0 saturated carbocycles. The number of carbonyl (C=O) groups is 4. The second-order valence-corrected chi connectivity index (χ2v) is 10.4. The van der Waals surface area contributed by atoms with Gasteiger partial charge < -0.3 is 24.6 Å². The summed E-state index contributed by atoms with van der Waals surface area (Å²) in [5.74, 6) is -0.130.